The van der Waals surface area contributed by atoms with Crippen LogP contribution in [-0.2, 0) is 14.9 Å². The van der Waals surface area contributed by atoms with Gasteiger partial charge in [-0.2, -0.15) is 8.42 Å². The molecule has 1 N–H and O–H groups in total. The zero-order valence-corrected chi connectivity index (χ0v) is 10.9. The van der Waals surface area contributed by atoms with E-state index in [2.05, 4.69) is 0 Å². The molecule has 1 rings (SSSR count). The van der Waals surface area contributed by atoms with Gasteiger partial charge in [-0.15, -0.1) is 0 Å². The van der Waals surface area contributed by atoms with Crippen LogP contribution in [0, 0.1) is 16.7 Å². The van der Waals surface area contributed by atoms with Crippen molar-refractivity contribution >= 4 is 16.4 Å². The van der Waals surface area contributed by atoms with E-state index in [4.69, 9.17) is 4.55 Å². The van der Waals surface area contributed by atoms with Crippen molar-refractivity contribution in [2.75, 3.05) is 5.75 Å². The number of hydrogen-bond donors (Lipinski definition) is 1. The number of aldehydes is 1. The van der Waals surface area contributed by atoms with Crippen molar-refractivity contribution in [1.82, 2.24) is 0 Å². The Hall–Kier alpha value is -0.420. The number of rotatable bonds is 4. The lowest BCUT2D eigenvalue weighted by Gasteiger charge is -2.39. The fourth-order valence-corrected chi connectivity index (χ4v) is 4.30. The van der Waals surface area contributed by atoms with E-state index in [1.165, 1.54) is 0 Å². The van der Waals surface area contributed by atoms with E-state index in [-0.39, 0.29) is 5.41 Å². The molecular weight excluding hydrogens is 228 g/mol. The molecule has 0 aromatic carbocycles. The third-order valence-electron chi connectivity index (χ3n) is 4.40. The highest BCUT2D eigenvalue weighted by atomic mass is 32.2. The Balaban J connectivity index is 3.11. The molecular formula is C11H20O4S. The van der Waals surface area contributed by atoms with Gasteiger partial charge in [-0.1, -0.05) is 27.2 Å². The van der Waals surface area contributed by atoms with Gasteiger partial charge in [0.1, 0.15) is 6.29 Å². The van der Waals surface area contributed by atoms with Gasteiger partial charge in [0.25, 0.3) is 10.1 Å². The van der Waals surface area contributed by atoms with Crippen molar-refractivity contribution in [3.63, 3.8) is 0 Å². The van der Waals surface area contributed by atoms with Gasteiger partial charge in [-0.3, -0.25) is 4.55 Å². The maximum Gasteiger partial charge on any atom is 0.265 e. The van der Waals surface area contributed by atoms with Crippen molar-refractivity contribution in [2.45, 2.75) is 40.0 Å². The molecule has 0 saturated heterocycles. The Morgan fingerprint density at radius 2 is 2.00 bits per heavy atom. The molecule has 0 aliphatic heterocycles. The fraction of sp³-hybridized carbons (Fsp3) is 0.909. The quantitative estimate of drug-likeness (QED) is 0.609. The molecule has 2 unspecified atom stereocenters. The molecule has 0 spiro atoms. The van der Waals surface area contributed by atoms with Crippen molar-refractivity contribution in [2.24, 2.45) is 16.7 Å². The smallest absolute Gasteiger partial charge is 0.265 e. The zero-order valence-electron chi connectivity index (χ0n) is 10.1. The molecule has 5 heteroatoms. The Labute approximate surface area is 97.2 Å². The topological polar surface area (TPSA) is 71.4 Å². The van der Waals surface area contributed by atoms with Crippen molar-refractivity contribution in [3.05, 3.63) is 0 Å². The number of carbonyl (C=O) groups excluding carboxylic acids is 1. The van der Waals surface area contributed by atoms with Gasteiger partial charge >= 0.3 is 0 Å². The summed E-state index contributed by atoms with van der Waals surface area (Å²) in [6.07, 6.45) is 3.05. The molecule has 1 aliphatic rings. The lowest BCUT2D eigenvalue weighted by Crippen LogP contribution is -2.43. The molecule has 2 atom stereocenters. The Kier molecular flexibility index (Phi) is 3.50. The first-order valence-electron chi connectivity index (χ1n) is 5.60. The maximum atomic E-state index is 11.3. The summed E-state index contributed by atoms with van der Waals surface area (Å²) in [5.41, 5.74) is -1.30. The molecule has 4 nitrogen and oxygen atoms in total. The molecule has 1 fully saturated rings. The molecule has 0 aromatic heterocycles. The minimum absolute atomic E-state index is 0.333. The minimum atomic E-state index is -4.11. The van der Waals surface area contributed by atoms with Crippen molar-refractivity contribution in [1.29, 1.82) is 0 Å². The van der Waals surface area contributed by atoms with Gasteiger partial charge < -0.3 is 4.79 Å². The first-order chi connectivity index (χ1) is 7.18. The average Bonchev–Trinajstić information content (AvgIpc) is 2.36. The largest absolute Gasteiger partial charge is 0.303 e. The van der Waals surface area contributed by atoms with Gasteiger partial charge in [-0.25, -0.2) is 0 Å². The summed E-state index contributed by atoms with van der Waals surface area (Å²) in [5, 5.41) is 0. The Bertz CT molecular complexity index is 371. The molecule has 16 heavy (non-hydrogen) atoms. The van der Waals surface area contributed by atoms with Crippen molar-refractivity contribution in [3.8, 4) is 0 Å². The van der Waals surface area contributed by atoms with Crippen LogP contribution in [0.5, 0.6) is 0 Å². The van der Waals surface area contributed by atoms with Gasteiger partial charge in [-0.05, 0) is 24.2 Å². The molecule has 0 amide bonds. The van der Waals surface area contributed by atoms with E-state index >= 15 is 0 Å². The van der Waals surface area contributed by atoms with E-state index in [0.29, 0.717) is 12.3 Å². The standard InChI is InChI=1S/C11H20O4S/c1-4-9-5-6-11(7-12,10(9,2)3)8-16(13,14)15/h7,9H,4-6,8H2,1-3H3,(H,13,14,15). The van der Waals surface area contributed by atoms with Crippen LogP contribution in [0.1, 0.15) is 40.0 Å². The Morgan fingerprint density at radius 3 is 2.31 bits per heavy atom. The predicted octanol–water partition coefficient (Wildman–Crippen LogP) is 1.91. The normalized spacial score (nSPS) is 33.9. The van der Waals surface area contributed by atoms with E-state index in [0.717, 1.165) is 19.1 Å². The second-order valence-corrected chi connectivity index (χ2v) is 6.82. The Morgan fingerprint density at radius 1 is 1.44 bits per heavy atom. The average molecular weight is 248 g/mol. The van der Waals surface area contributed by atoms with Crippen LogP contribution in [0.3, 0.4) is 0 Å². The van der Waals surface area contributed by atoms with Gasteiger partial charge in [0.15, 0.2) is 0 Å². The summed E-state index contributed by atoms with van der Waals surface area (Å²) in [6.45, 7) is 5.89. The van der Waals surface area contributed by atoms with Crippen LogP contribution in [0.4, 0.5) is 0 Å². The molecule has 94 valence electrons. The second kappa shape index (κ2) is 4.11. The summed E-state index contributed by atoms with van der Waals surface area (Å²) in [5.74, 6) is -0.119. The molecule has 0 bridgehead atoms. The third kappa shape index (κ3) is 2.15. The van der Waals surface area contributed by atoms with E-state index in [1.807, 2.05) is 20.8 Å². The third-order valence-corrected chi connectivity index (χ3v) is 5.28. The monoisotopic (exact) mass is 248 g/mol. The highest BCUT2D eigenvalue weighted by molar-refractivity contribution is 7.85. The van der Waals surface area contributed by atoms with Crippen molar-refractivity contribution < 1.29 is 17.8 Å². The second-order valence-electron chi connectivity index (χ2n) is 5.37. The van der Waals surface area contributed by atoms with Crippen LogP contribution in [-0.4, -0.2) is 25.0 Å². The van der Waals surface area contributed by atoms with Crippen LogP contribution in [0.15, 0.2) is 0 Å². The van der Waals surface area contributed by atoms with Gasteiger partial charge in [0.2, 0.25) is 0 Å². The lowest BCUT2D eigenvalue weighted by atomic mass is 9.66. The van der Waals surface area contributed by atoms with E-state index in [1.54, 1.807) is 0 Å². The van der Waals surface area contributed by atoms with Gasteiger partial charge in [0, 0.05) is 5.41 Å². The first-order valence-corrected chi connectivity index (χ1v) is 7.21. The summed E-state index contributed by atoms with van der Waals surface area (Å²) in [7, 11) is -4.11. The van der Waals surface area contributed by atoms with E-state index in [9.17, 15) is 13.2 Å². The highest BCUT2D eigenvalue weighted by Gasteiger charge is 2.55. The van der Waals surface area contributed by atoms with E-state index < -0.39 is 21.3 Å². The van der Waals surface area contributed by atoms with Gasteiger partial charge in [0.05, 0.1) is 5.75 Å². The van der Waals surface area contributed by atoms with Crippen LogP contribution in [0.25, 0.3) is 0 Å². The zero-order chi connectivity index (χ0) is 12.6. The molecule has 0 radical (unpaired) electrons. The minimum Gasteiger partial charge on any atom is -0.303 e. The SMILES string of the molecule is CCC1CCC(C=O)(CS(=O)(=O)O)C1(C)C. The lowest BCUT2D eigenvalue weighted by molar-refractivity contribution is -0.120. The van der Waals surface area contributed by atoms with Crippen LogP contribution < -0.4 is 0 Å². The van der Waals surface area contributed by atoms with Crippen LogP contribution in [0.2, 0.25) is 0 Å². The summed E-state index contributed by atoms with van der Waals surface area (Å²) in [4.78, 5) is 11.3. The molecule has 1 saturated carbocycles. The molecule has 1 aliphatic carbocycles. The first kappa shape index (κ1) is 13.6. The summed E-state index contributed by atoms with van der Waals surface area (Å²) >= 11 is 0. The fourth-order valence-electron chi connectivity index (χ4n) is 3.06. The molecule has 0 heterocycles. The maximum absolute atomic E-state index is 11.3. The van der Waals surface area contributed by atoms with Crippen LogP contribution >= 0.6 is 0 Å². The highest BCUT2D eigenvalue weighted by Crippen LogP contribution is 2.56. The number of carbonyl (C=O) groups is 1. The number of hydrogen-bond acceptors (Lipinski definition) is 3. The molecule has 0 aromatic rings. The summed E-state index contributed by atoms with van der Waals surface area (Å²) < 4.78 is 31.0. The predicted molar refractivity (Wildman–Crippen MR) is 61.7 cm³/mol. The summed E-state index contributed by atoms with van der Waals surface area (Å²) in [6, 6.07) is 0.